The van der Waals surface area contributed by atoms with Crippen LogP contribution in [0.5, 0.6) is 5.75 Å². The summed E-state index contributed by atoms with van der Waals surface area (Å²) in [5.74, 6) is -1.57. The zero-order valence-corrected chi connectivity index (χ0v) is 12.1. The Morgan fingerprint density at radius 1 is 1.29 bits per heavy atom. The molecule has 0 saturated heterocycles. The highest BCUT2D eigenvalue weighted by atomic mass is 35.5. The molecule has 1 unspecified atom stereocenters. The van der Waals surface area contributed by atoms with E-state index in [1.54, 1.807) is 30.3 Å². The molecule has 0 aliphatic heterocycles. The van der Waals surface area contributed by atoms with Crippen LogP contribution in [0, 0.1) is 5.82 Å². The van der Waals surface area contributed by atoms with Gasteiger partial charge in [0.1, 0.15) is 11.6 Å². The number of aliphatic carboxylic acids is 1. The van der Waals surface area contributed by atoms with Crippen molar-refractivity contribution in [2.45, 2.75) is 12.3 Å². The van der Waals surface area contributed by atoms with Crippen LogP contribution in [0.25, 0.3) is 0 Å². The van der Waals surface area contributed by atoms with Gasteiger partial charge < -0.3 is 9.84 Å². The first kappa shape index (κ1) is 15.3. The van der Waals surface area contributed by atoms with E-state index in [1.807, 2.05) is 0 Å². The lowest BCUT2D eigenvalue weighted by molar-refractivity contribution is -0.138. The van der Waals surface area contributed by atoms with Crippen LogP contribution >= 0.6 is 11.6 Å². The van der Waals surface area contributed by atoms with Crippen LogP contribution in [-0.4, -0.2) is 18.2 Å². The van der Waals surface area contributed by atoms with Crippen molar-refractivity contribution in [3.05, 3.63) is 64.4 Å². The van der Waals surface area contributed by atoms with Crippen LogP contribution in [-0.2, 0) is 11.2 Å². The average Bonchev–Trinajstić information content (AvgIpc) is 2.46. The molecule has 2 aromatic rings. The number of halogens is 2. The van der Waals surface area contributed by atoms with Gasteiger partial charge in [0.25, 0.3) is 0 Å². The van der Waals surface area contributed by atoms with E-state index in [9.17, 15) is 14.3 Å². The van der Waals surface area contributed by atoms with Crippen molar-refractivity contribution in [2.24, 2.45) is 0 Å². The number of carbonyl (C=O) groups is 1. The topological polar surface area (TPSA) is 46.5 Å². The lowest BCUT2D eigenvalue weighted by Gasteiger charge is -2.14. The molecule has 0 saturated carbocycles. The van der Waals surface area contributed by atoms with E-state index in [0.29, 0.717) is 16.3 Å². The molecule has 0 radical (unpaired) electrons. The number of carboxylic acids is 1. The van der Waals surface area contributed by atoms with Crippen molar-refractivity contribution in [3.63, 3.8) is 0 Å². The second-order valence-electron chi connectivity index (χ2n) is 4.62. The lowest BCUT2D eigenvalue weighted by Crippen LogP contribution is -2.14. The monoisotopic (exact) mass is 308 g/mol. The molecule has 0 fully saturated rings. The van der Waals surface area contributed by atoms with Gasteiger partial charge >= 0.3 is 5.97 Å². The lowest BCUT2D eigenvalue weighted by atomic mass is 9.92. The number of benzene rings is 2. The molecule has 0 amide bonds. The molecular formula is C16H14ClFO3. The molecule has 21 heavy (non-hydrogen) atoms. The van der Waals surface area contributed by atoms with Crippen molar-refractivity contribution in [1.82, 2.24) is 0 Å². The maximum Gasteiger partial charge on any atom is 0.311 e. The first-order valence-corrected chi connectivity index (χ1v) is 6.69. The minimum Gasteiger partial charge on any atom is -0.495 e. The summed E-state index contributed by atoms with van der Waals surface area (Å²) in [5, 5.41) is 9.77. The quantitative estimate of drug-likeness (QED) is 0.911. The van der Waals surface area contributed by atoms with Gasteiger partial charge in [0.2, 0.25) is 0 Å². The minimum absolute atomic E-state index is 0.262. The maximum atomic E-state index is 12.9. The molecule has 1 N–H and O–H groups in total. The van der Waals surface area contributed by atoms with Crippen LogP contribution < -0.4 is 4.74 Å². The predicted octanol–water partition coefficient (Wildman–Crippen LogP) is 3.90. The smallest absolute Gasteiger partial charge is 0.311 e. The molecule has 0 spiro atoms. The Labute approximate surface area is 126 Å². The highest BCUT2D eigenvalue weighted by Gasteiger charge is 2.21. The Hall–Kier alpha value is -2.07. The van der Waals surface area contributed by atoms with Crippen LogP contribution in [0.1, 0.15) is 17.0 Å². The first-order chi connectivity index (χ1) is 10.0. The predicted molar refractivity (Wildman–Crippen MR) is 78.5 cm³/mol. The molecule has 0 aromatic heterocycles. The number of ether oxygens (including phenoxy) is 1. The SMILES string of the molecule is COc1ccc(C(Cc2ccc(F)cc2)C(=O)O)cc1Cl. The summed E-state index contributed by atoms with van der Waals surface area (Å²) in [7, 11) is 1.49. The molecule has 0 heterocycles. The van der Waals surface area contributed by atoms with Crippen molar-refractivity contribution < 1.29 is 19.0 Å². The molecule has 0 bridgehead atoms. The van der Waals surface area contributed by atoms with E-state index < -0.39 is 11.9 Å². The van der Waals surface area contributed by atoms with Crippen molar-refractivity contribution in [3.8, 4) is 5.75 Å². The molecule has 0 aliphatic rings. The summed E-state index contributed by atoms with van der Waals surface area (Å²) in [6.45, 7) is 0. The normalized spacial score (nSPS) is 12.0. The van der Waals surface area contributed by atoms with Gasteiger partial charge in [-0.15, -0.1) is 0 Å². The summed E-state index contributed by atoms with van der Waals surface area (Å²) in [4.78, 5) is 11.5. The zero-order valence-electron chi connectivity index (χ0n) is 11.3. The minimum atomic E-state index is -0.958. The van der Waals surface area contributed by atoms with Gasteiger partial charge in [-0.05, 0) is 41.8 Å². The van der Waals surface area contributed by atoms with Gasteiger partial charge in [-0.1, -0.05) is 29.8 Å². The standard InChI is InChI=1S/C16H14ClFO3/c1-21-15-7-4-11(9-14(15)17)13(16(19)20)8-10-2-5-12(18)6-3-10/h2-7,9,13H,8H2,1H3,(H,19,20). The van der Waals surface area contributed by atoms with E-state index in [4.69, 9.17) is 16.3 Å². The first-order valence-electron chi connectivity index (χ1n) is 6.32. The van der Waals surface area contributed by atoms with Crippen molar-refractivity contribution in [1.29, 1.82) is 0 Å². The van der Waals surface area contributed by atoms with E-state index in [-0.39, 0.29) is 12.2 Å². The number of rotatable bonds is 5. The number of hydrogen-bond acceptors (Lipinski definition) is 2. The highest BCUT2D eigenvalue weighted by molar-refractivity contribution is 6.32. The van der Waals surface area contributed by atoms with E-state index in [1.165, 1.54) is 19.2 Å². The van der Waals surface area contributed by atoms with E-state index in [2.05, 4.69) is 0 Å². The van der Waals surface area contributed by atoms with E-state index >= 15 is 0 Å². The molecule has 3 nitrogen and oxygen atoms in total. The van der Waals surface area contributed by atoms with Gasteiger partial charge in [-0.2, -0.15) is 0 Å². The highest BCUT2D eigenvalue weighted by Crippen LogP contribution is 2.30. The Kier molecular flexibility index (Phi) is 4.81. The molecule has 2 rings (SSSR count). The fourth-order valence-electron chi connectivity index (χ4n) is 2.10. The average molecular weight is 309 g/mol. The fraction of sp³-hybridized carbons (Fsp3) is 0.188. The van der Waals surface area contributed by atoms with Crippen LogP contribution in [0.15, 0.2) is 42.5 Å². The molecule has 0 aliphatic carbocycles. The molecular weight excluding hydrogens is 295 g/mol. The van der Waals surface area contributed by atoms with Gasteiger partial charge in [0.15, 0.2) is 0 Å². The van der Waals surface area contributed by atoms with Crippen LogP contribution in [0.3, 0.4) is 0 Å². The number of hydrogen-bond donors (Lipinski definition) is 1. The molecule has 5 heteroatoms. The van der Waals surface area contributed by atoms with Gasteiger partial charge in [0.05, 0.1) is 18.1 Å². The molecule has 110 valence electrons. The van der Waals surface area contributed by atoms with Gasteiger partial charge in [-0.3, -0.25) is 4.79 Å². The van der Waals surface area contributed by atoms with Gasteiger partial charge in [-0.25, -0.2) is 4.39 Å². The van der Waals surface area contributed by atoms with Crippen LogP contribution in [0.2, 0.25) is 5.02 Å². The summed E-state index contributed by atoms with van der Waals surface area (Å²) in [5.41, 5.74) is 1.33. The third-order valence-corrected chi connectivity index (χ3v) is 3.52. The Morgan fingerprint density at radius 2 is 1.95 bits per heavy atom. The summed E-state index contributed by atoms with van der Waals surface area (Å²) in [6.07, 6.45) is 0.262. The fourth-order valence-corrected chi connectivity index (χ4v) is 2.37. The largest absolute Gasteiger partial charge is 0.495 e. The van der Waals surface area contributed by atoms with Crippen LogP contribution in [0.4, 0.5) is 4.39 Å². The number of methoxy groups -OCH3 is 1. The summed E-state index contributed by atoms with van der Waals surface area (Å²) >= 11 is 6.03. The molecule has 2 aromatic carbocycles. The van der Waals surface area contributed by atoms with Crippen molar-refractivity contribution in [2.75, 3.05) is 7.11 Å². The Bertz CT molecular complexity index is 640. The van der Waals surface area contributed by atoms with E-state index in [0.717, 1.165) is 5.56 Å². The second kappa shape index (κ2) is 6.59. The van der Waals surface area contributed by atoms with Crippen molar-refractivity contribution >= 4 is 17.6 Å². The summed E-state index contributed by atoms with van der Waals surface area (Å²) < 4.78 is 17.9. The maximum absolute atomic E-state index is 12.9. The zero-order chi connectivity index (χ0) is 15.4. The third kappa shape index (κ3) is 3.73. The Morgan fingerprint density at radius 3 is 2.48 bits per heavy atom. The second-order valence-corrected chi connectivity index (χ2v) is 5.02. The number of carboxylic acid groups (broad SMARTS) is 1. The molecule has 1 atom stereocenters. The Balaban J connectivity index is 2.28. The van der Waals surface area contributed by atoms with Gasteiger partial charge in [0, 0.05) is 0 Å². The third-order valence-electron chi connectivity index (χ3n) is 3.23. The summed E-state index contributed by atoms with van der Waals surface area (Å²) in [6, 6.07) is 10.7.